The number of rotatable bonds is 4. The molecule has 3 rings (SSSR count). The van der Waals surface area contributed by atoms with Crippen LogP contribution in [0.15, 0.2) is 29.2 Å². The smallest absolute Gasteiger partial charge is 0.288 e. The van der Waals surface area contributed by atoms with Crippen LogP contribution in [0.3, 0.4) is 0 Å². The Hall–Kier alpha value is -2.15. The molecule has 0 saturated carbocycles. The fraction of sp³-hybridized carbons (Fsp3) is 0.333. The maximum absolute atomic E-state index is 15.1. The number of nitrogens with zero attached hydrogens (tertiary/aromatic N) is 2. The lowest BCUT2D eigenvalue weighted by molar-refractivity contribution is -0.388. The molecule has 4 nitrogen and oxygen atoms in total. The van der Waals surface area contributed by atoms with Crippen molar-refractivity contribution < 1.29 is 13.7 Å². The van der Waals surface area contributed by atoms with Gasteiger partial charge in [0, 0.05) is 18.7 Å². The predicted molar refractivity (Wildman–Crippen MR) is 95.3 cm³/mol. The van der Waals surface area contributed by atoms with Crippen molar-refractivity contribution in [2.45, 2.75) is 31.7 Å². The first kappa shape index (κ1) is 17.7. The SMILES string of the molecule is CCSc1c(F)c(N2CCc3cc(F)ccc3C2)cc(C)c1[N+](=O)[O-]. The van der Waals surface area contributed by atoms with E-state index in [-0.39, 0.29) is 16.4 Å². The van der Waals surface area contributed by atoms with Crippen molar-refractivity contribution in [2.75, 3.05) is 17.2 Å². The lowest BCUT2D eigenvalue weighted by Gasteiger charge is -2.31. The molecule has 0 N–H and O–H groups in total. The molecular formula is C18H18F2N2O2S. The van der Waals surface area contributed by atoms with Crippen LogP contribution in [0.5, 0.6) is 0 Å². The number of halogens is 2. The van der Waals surface area contributed by atoms with E-state index in [1.807, 2.05) is 11.8 Å². The fourth-order valence-electron chi connectivity index (χ4n) is 3.20. The van der Waals surface area contributed by atoms with E-state index in [9.17, 15) is 14.5 Å². The second kappa shape index (κ2) is 7.00. The Labute approximate surface area is 149 Å². The maximum atomic E-state index is 15.1. The van der Waals surface area contributed by atoms with Crippen molar-refractivity contribution in [3.8, 4) is 0 Å². The summed E-state index contributed by atoms with van der Waals surface area (Å²) < 4.78 is 28.4. The number of thioether (sulfide) groups is 1. The minimum Gasteiger partial charge on any atom is -0.364 e. The van der Waals surface area contributed by atoms with Crippen molar-refractivity contribution in [1.82, 2.24) is 0 Å². The Bertz CT molecular complexity index is 842. The van der Waals surface area contributed by atoms with Gasteiger partial charge < -0.3 is 4.90 Å². The zero-order valence-corrected chi connectivity index (χ0v) is 14.8. The van der Waals surface area contributed by atoms with Gasteiger partial charge in [0.25, 0.3) is 5.69 Å². The summed E-state index contributed by atoms with van der Waals surface area (Å²) in [6, 6.07) is 6.18. The van der Waals surface area contributed by atoms with E-state index in [2.05, 4.69) is 0 Å². The van der Waals surface area contributed by atoms with Gasteiger partial charge in [-0.2, -0.15) is 0 Å². The molecule has 0 spiro atoms. The number of hydrogen-bond acceptors (Lipinski definition) is 4. The monoisotopic (exact) mass is 364 g/mol. The maximum Gasteiger partial charge on any atom is 0.288 e. The number of nitro benzene ring substituents is 1. The third-order valence-electron chi connectivity index (χ3n) is 4.36. The summed E-state index contributed by atoms with van der Waals surface area (Å²) in [4.78, 5) is 12.8. The van der Waals surface area contributed by atoms with Crippen molar-refractivity contribution in [3.63, 3.8) is 0 Å². The van der Waals surface area contributed by atoms with Gasteiger partial charge in [0.2, 0.25) is 0 Å². The first-order valence-corrected chi connectivity index (χ1v) is 9.03. The first-order chi connectivity index (χ1) is 11.9. The van der Waals surface area contributed by atoms with Crippen LogP contribution in [0.25, 0.3) is 0 Å². The molecular weight excluding hydrogens is 346 g/mol. The van der Waals surface area contributed by atoms with E-state index < -0.39 is 10.7 Å². The molecule has 1 aliphatic rings. The Morgan fingerprint density at radius 1 is 1.28 bits per heavy atom. The highest BCUT2D eigenvalue weighted by Gasteiger charge is 2.28. The van der Waals surface area contributed by atoms with Crippen LogP contribution in [-0.2, 0) is 13.0 Å². The molecule has 2 aromatic carbocycles. The topological polar surface area (TPSA) is 46.4 Å². The lowest BCUT2D eigenvalue weighted by atomic mass is 9.98. The van der Waals surface area contributed by atoms with Gasteiger partial charge in [0.15, 0.2) is 5.82 Å². The van der Waals surface area contributed by atoms with E-state index >= 15 is 4.39 Å². The van der Waals surface area contributed by atoms with Crippen molar-refractivity contribution in [3.05, 3.63) is 62.7 Å². The summed E-state index contributed by atoms with van der Waals surface area (Å²) in [5, 5.41) is 11.3. The van der Waals surface area contributed by atoms with Crippen molar-refractivity contribution in [1.29, 1.82) is 0 Å². The van der Waals surface area contributed by atoms with E-state index in [0.717, 1.165) is 22.9 Å². The molecule has 0 unspecified atom stereocenters. The highest BCUT2D eigenvalue weighted by molar-refractivity contribution is 7.99. The number of hydrogen-bond donors (Lipinski definition) is 0. The summed E-state index contributed by atoms with van der Waals surface area (Å²) in [6.07, 6.45) is 0.610. The van der Waals surface area contributed by atoms with E-state index in [1.54, 1.807) is 19.1 Å². The average molecular weight is 364 g/mol. The highest BCUT2D eigenvalue weighted by atomic mass is 32.2. The Morgan fingerprint density at radius 3 is 2.72 bits per heavy atom. The van der Waals surface area contributed by atoms with E-state index in [0.29, 0.717) is 36.5 Å². The predicted octanol–water partition coefficient (Wildman–Crippen LogP) is 4.86. The van der Waals surface area contributed by atoms with Crippen LogP contribution in [-0.4, -0.2) is 17.2 Å². The molecule has 0 saturated heterocycles. The Balaban J connectivity index is 2.03. The first-order valence-electron chi connectivity index (χ1n) is 8.05. The molecule has 0 fully saturated rings. The zero-order chi connectivity index (χ0) is 18.1. The number of anilines is 1. The van der Waals surface area contributed by atoms with Gasteiger partial charge in [-0.3, -0.25) is 10.1 Å². The molecule has 1 heterocycles. The molecule has 1 aliphatic heterocycles. The van der Waals surface area contributed by atoms with Gasteiger partial charge in [-0.25, -0.2) is 8.78 Å². The molecule has 0 aliphatic carbocycles. The van der Waals surface area contributed by atoms with Crippen LogP contribution in [0.2, 0.25) is 0 Å². The lowest BCUT2D eigenvalue weighted by Crippen LogP contribution is -2.31. The van der Waals surface area contributed by atoms with Gasteiger partial charge in [-0.15, -0.1) is 11.8 Å². The van der Waals surface area contributed by atoms with Gasteiger partial charge in [0.05, 0.1) is 10.6 Å². The summed E-state index contributed by atoms with van der Waals surface area (Å²) in [7, 11) is 0. The second-order valence-electron chi connectivity index (χ2n) is 5.98. The number of fused-ring (bicyclic) bond motifs is 1. The van der Waals surface area contributed by atoms with Crippen LogP contribution >= 0.6 is 11.8 Å². The molecule has 2 aromatic rings. The minimum absolute atomic E-state index is 0.0902. The highest BCUT2D eigenvalue weighted by Crippen LogP contribution is 2.40. The molecule has 7 heteroatoms. The summed E-state index contributed by atoms with van der Waals surface area (Å²) in [5.41, 5.74) is 2.54. The fourth-order valence-corrected chi connectivity index (χ4v) is 4.09. The van der Waals surface area contributed by atoms with E-state index in [4.69, 9.17) is 0 Å². The molecule has 0 aromatic heterocycles. The average Bonchev–Trinajstić information content (AvgIpc) is 2.57. The molecule has 0 radical (unpaired) electrons. The van der Waals surface area contributed by atoms with Crippen LogP contribution < -0.4 is 4.90 Å². The Kier molecular flexibility index (Phi) is 4.94. The summed E-state index contributed by atoms with van der Waals surface area (Å²) in [5.74, 6) is -0.274. The van der Waals surface area contributed by atoms with Crippen molar-refractivity contribution >= 4 is 23.1 Å². The molecule has 132 valence electrons. The standard InChI is InChI=1S/C18H18F2N2O2S/c1-3-25-18-16(20)15(8-11(2)17(18)22(23)24)21-7-6-12-9-14(19)5-4-13(12)10-21/h4-5,8-9H,3,6-7,10H2,1-2H3. The molecule has 0 atom stereocenters. The summed E-state index contributed by atoms with van der Waals surface area (Å²) >= 11 is 1.14. The van der Waals surface area contributed by atoms with Crippen LogP contribution in [0.4, 0.5) is 20.2 Å². The molecule has 0 bridgehead atoms. The molecule has 25 heavy (non-hydrogen) atoms. The quantitative estimate of drug-likeness (QED) is 0.442. The van der Waals surface area contributed by atoms with Crippen molar-refractivity contribution in [2.24, 2.45) is 0 Å². The van der Waals surface area contributed by atoms with Crippen LogP contribution in [0, 0.1) is 28.7 Å². The van der Waals surface area contributed by atoms with Gasteiger partial charge >= 0.3 is 0 Å². The number of benzene rings is 2. The van der Waals surface area contributed by atoms with E-state index in [1.165, 1.54) is 12.1 Å². The van der Waals surface area contributed by atoms with Gasteiger partial charge in [-0.1, -0.05) is 13.0 Å². The minimum atomic E-state index is -0.547. The molecule has 0 amide bonds. The van der Waals surface area contributed by atoms with Crippen LogP contribution in [0.1, 0.15) is 23.6 Å². The Morgan fingerprint density at radius 2 is 2.04 bits per heavy atom. The third-order valence-corrected chi connectivity index (χ3v) is 5.31. The third kappa shape index (κ3) is 3.33. The zero-order valence-electron chi connectivity index (χ0n) is 14.0. The summed E-state index contributed by atoms with van der Waals surface area (Å²) in [6.45, 7) is 4.47. The number of aryl methyl sites for hydroxylation is 1. The number of nitro groups is 1. The van der Waals surface area contributed by atoms with Gasteiger partial charge in [0.1, 0.15) is 10.7 Å². The van der Waals surface area contributed by atoms with Gasteiger partial charge in [-0.05, 0) is 48.4 Å². The largest absolute Gasteiger partial charge is 0.364 e. The normalized spacial score (nSPS) is 13.7. The second-order valence-corrected chi connectivity index (χ2v) is 7.25.